The van der Waals surface area contributed by atoms with Crippen molar-refractivity contribution in [3.8, 4) is 10.6 Å². The van der Waals surface area contributed by atoms with Gasteiger partial charge in [-0.1, -0.05) is 0 Å². The van der Waals surface area contributed by atoms with Gasteiger partial charge in [0.15, 0.2) is 0 Å². The lowest BCUT2D eigenvalue weighted by atomic mass is 10.3. The molecule has 0 amide bonds. The number of thiazole rings is 1. The molecule has 3 aromatic rings. The molecule has 1 N–H and O–H groups in total. The van der Waals surface area contributed by atoms with Crippen LogP contribution in [0.1, 0.15) is 0 Å². The second-order valence-electron chi connectivity index (χ2n) is 4.47. The van der Waals surface area contributed by atoms with Crippen LogP contribution in [0.15, 0.2) is 36.7 Å². The molecule has 5 nitrogen and oxygen atoms in total. The van der Waals surface area contributed by atoms with E-state index in [0.717, 1.165) is 11.0 Å². The van der Waals surface area contributed by atoms with Gasteiger partial charge in [0.05, 0.1) is 28.4 Å². The van der Waals surface area contributed by atoms with Crippen LogP contribution >= 0.6 is 11.3 Å². The predicted octanol–water partition coefficient (Wildman–Crippen LogP) is 2.87. The van der Waals surface area contributed by atoms with Gasteiger partial charge in [0.2, 0.25) is 10.0 Å². The summed E-state index contributed by atoms with van der Waals surface area (Å²) in [7, 11) is -3.36. The summed E-state index contributed by atoms with van der Waals surface area (Å²) >= 11 is 1.39. The Kier molecular flexibility index (Phi) is 3.34. The molecule has 0 saturated carbocycles. The van der Waals surface area contributed by atoms with Gasteiger partial charge < -0.3 is 0 Å². The summed E-state index contributed by atoms with van der Waals surface area (Å²) in [5, 5.41) is 0.653. The number of hydrogen-bond acceptors (Lipinski definition) is 5. The van der Waals surface area contributed by atoms with Gasteiger partial charge in [0.1, 0.15) is 10.8 Å². The van der Waals surface area contributed by atoms with Gasteiger partial charge >= 0.3 is 0 Å². The highest BCUT2D eigenvalue weighted by molar-refractivity contribution is 7.92. The Hall–Kier alpha value is -2.06. The van der Waals surface area contributed by atoms with Crippen LogP contribution < -0.4 is 4.72 Å². The van der Waals surface area contributed by atoms with E-state index >= 15 is 0 Å². The van der Waals surface area contributed by atoms with Crippen LogP contribution in [0.25, 0.3) is 20.8 Å². The highest BCUT2D eigenvalue weighted by Gasteiger charge is 2.09. The number of aromatic nitrogens is 2. The van der Waals surface area contributed by atoms with E-state index in [1.54, 1.807) is 18.3 Å². The first-order valence-corrected chi connectivity index (χ1v) is 8.61. The van der Waals surface area contributed by atoms with Crippen LogP contribution in [0, 0.1) is 5.82 Å². The van der Waals surface area contributed by atoms with Crippen LogP contribution in [0.4, 0.5) is 10.1 Å². The van der Waals surface area contributed by atoms with Crippen molar-refractivity contribution < 1.29 is 12.8 Å². The minimum atomic E-state index is -3.36. The van der Waals surface area contributed by atoms with Gasteiger partial charge in [-0.2, -0.15) is 0 Å². The third-order valence-corrected chi connectivity index (χ3v) is 4.33. The quantitative estimate of drug-likeness (QED) is 0.804. The standard InChI is InChI=1S/C13H10FN3O2S2/c1-21(18,19)17-10-4-8(6-15-7-10)13-16-11-5-9(14)2-3-12(11)20-13/h2-7,17H,1H3. The zero-order valence-corrected chi connectivity index (χ0v) is 12.5. The molecular weight excluding hydrogens is 313 g/mol. The predicted molar refractivity (Wildman–Crippen MR) is 81.3 cm³/mol. The van der Waals surface area contributed by atoms with E-state index in [0.29, 0.717) is 21.8 Å². The third kappa shape index (κ3) is 3.17. The number of fused-ring (bicyclic) bond motifs is 1. The smallest absolute Gasteiger partial charge is 0.229 e. The number of anilines is 1. The molecule has 0 fully saturated rings. The largest absolute Gasteiger partial charge is 0.282 e. The summed E-state index contributed by atoms with van der Waals surface area (Å²) in [5.74, 6) is -0.343. The third-order valence-electron chi connectivity index (χ3n) is 2.64. The maximum atomic E-state index is 13.2. The van der Waals surface area contributed by atoms with Crippen LogP contribution in [-0.2, 0) is 10.0 Å². The Labute approximate surface area is 124 Å². The second kappa shape index (κ2) is 5.05. The SMILES string of the molecule is CS(=O)(=O)Nc1cncc(-c2nc3cc(F)ccc3s2)c1. The van der Waals surface area contributed by atoms with Crippen molar-refractivity contribution in [1.29, 1.82) is 0 Å². The fourth-order valence-electron chi connectivity index (χ4n) is 1.85. The molecule has 0 bridgehead atoms. The first-order chi connectivity index (χ1) is 9.90. The zero-order chi connectivity index (χ0) is 15.0. The van der Waals surface area contributed by atoms with Gasteiger partial charge in [-0.05, 0) is 18.2 Å². The number of sulfonamides is 1. The molecule has 21 heavy (non-hydrogen) atoms. The normalized spacial score (nSPS) is 11.7. The van der Waals surface area contributed by atoms with Gasteiger partial charge in [-0.15, -0.1) is 11.3 Å². The fourth-order valence-corrected chi connectivity index (χ4v) is 3.32. The van der Waals surface area contributed by atoms with E-state index < -0.39 is 10.0 Å². The Bertz CT molecular complexity index is 922. The van der Waals surface area contributed by atoms with Gasteiger partial charge in [0.25, 0.3) is 0 Å². The van der Waals surface area contributed by atoms with Crippen molar-refractivity contribution in [3.63, 3.8) is 0 Å². The molecule has 0 radical (unpaired) electrons. The average Bonchev–Trinajstić information content (AvgIpc) is 2.80. The first-order valence-electron chi connectivity index (χ1n) is 5.90. The molecule has 0 atom stereocenters. The summed E-state index contributed by atoms with van der Waals surface area (Å²) < 4.78 is 38.9. The lowest BCUT2D eigenvalue weighted by Crippen LogP contribution is -2.09. The molecule has 1 aromatic carbocycles. The number of nitrogens with zero attached hydrogens (tertiary/aromatic N) is 2. The number of nitrogens with one attached hydrogen (secondary N) is 1. The lowest BCUT2D eigenvalue weighted by molar-refractivity contribution is 0.606. The van der Waals surface area contributed by atoms with Crippen molar-refractivity contribution in [2.75, 3.05) is 11.0 Å². The van der Waals surface area contributed by atoms with Crippen LogP contribution in [-0.4, -0.2) is 24.6 Å². The van der Waals surface area contributed by atoms with E-state index in [2.05, 4.69) is 14.7 Å². The van der Waals surface area contributed by atoms with Crippen molar-refractivity contribution in [2.45, 2.75) is 0 Å². The average molecular weight is 323 g/mol. The van der Waals surface area contributed by atoms with Gasteiger partial charge in [0, 0.05) is 17.8 Å². The highest BCUT2D eigenvalue weighted by atomic mass is 32.2. The number of rotatable bonds is 3. The Balaban J connectivity index is 2.04. The van der Waals surface area contributed by atoms with Gasteiger partial charge in [-0.25, -0.2) is 17.8 Å². The molecule has 0 saturated heterocycles. The van der Waals surface area contributed by atoms with E-state index in [4.69, 9.17) is 0 Å². The van der Waals surface area contributed by atoms with E-state index in [1.165, 1.54) is 29.7 Å². The summed E-state index contributed by atoms with van der Waals surface area (Å²) in [6.07, 6.45) is 4.07. The first kappa shape index (κ1) is 13.9. The van der Waals surface area contributed by atoms with Crippen molar-refractivity contribution in [2.24, 2.45) is 0 Å². The summed E-state index contributed by atoms with van der Waals surface area (Å²) in [4.78, 5) is 8.34. The fraction of sp³-hybridized carbons (Fsp3) is 0.0769. The molecule has 0 aliphatic carbocycles. The number of pyridine rings is 1. The van der Waals surface area contributed by atoms with Gasteiger partial charge in [-0.3, -0.25) is 9.71 Å². The molecule has 2 heterocycles. The molecule has 0 unspecified atom stereocenters. The minimum absolute atomic E-state index is 0.343. The molecule has 108 valence electrons. The van der Waals surface area contributed by atoms with E-state index in [1.807, 2.05) is 0 Å². The summed E-state index contributed by atoms with van der Waals surface area (Å²) in [6, 6.07) is 6.05. The van der Waals surface area contributed by atoms with Crippen LogP contribution in [0.3, 0.4) is 0 Å². The topological polar surface area (TPSA) is 72.0 Å². The highest BCUT2D eigenvalue weighted by Crippen LogP contribution is 2.31. The van der Waals surface area contributed by atoms with Crippen molar-refractivity contribution >= 4 is 37.3 Å². The molecule has 2 aromatic heterocycles. The van der Waals surface area contributed by atoms with E-state index in [-0.39, 0.29) is 5.82 Å². The number of hydrogen-bond donors (Lipinski definition) is 1. The Morgan fingerprint density at radius 1 is 1.24 bits per heavy atom. The Morgan fingerprint density at radius 3 is 2.81 bits per heavy atom. The molecule has 0 aliphatic heterocycles. The maximum Gasteiger partial charge on any atom is 0.229 e. The monoisotopic (exact) mass is 323 g/mol. The van der Waals surface area contributed by atoms with Crippen molar-refractivity contribution in [1.82, 2.24) is 9.97 Å². The Morgan fingerprint density at radius 2 is 2.05 bits per heavy atom. The minimum Gasteiger partial charge on any atom is -0.282 e. The van der Waals surface area contributed by atoms with Crippen LogP contribution in [0.5, 0.6) is 0 Å². The molecule has 8 heteroatoms. The molecule has 0 spiro atoms. The van der Waals surface area contributed by atoms with Crippen LogP contribution in [0.2, 0.25) is 0 Å². The number of benzene rings is 1. The molecule has 3 rings (SSSR count). The lowest BCUT2D eigenvalue weighted by Gasteiger charge is -2.04. The maximum absolute atomic E-state index is 13.2. The zero-order valence-electron chi connectivity index (χ0n) is 10.9. The molecular formula is C13H10FN3O2S2. The second-order valence-corrected chi connectivity index (χ2v) is 7.25. The summed E-state index contributed by atoms with van der Waals surface area (Å²) in [5.41, 5.74) is 1.60. The summed E-state index contributed by atoms with van der Waals surface area (Å²) in [6.45, 7) is 0. The van der Waals surface area contributed by atoms with Crippen molar-refractivity contribution in [3.05, 3.63) is 42.5 Å². The number of halogens is 1. The molecule has 0 aliphatic rings. The van der Waals surface area contributed by atoms with E-state index in [9.17, 15) is 12.8 Å².